The number of nitrogens with zero attached hydrogens (tertiary/aromatic N) is 4. The zero-order valence-corrected chi connectivity index (χ0v) is 10.5. The Bertz CT molecular complexity index is 478. The summed E-state index contributed by atoms with van der Waals surface area (Å²) in [6, 6.07) is 1.48. The number of rotatable bonds is 2. The first-order chi connectivity index (χ1) is 7.91. The quantitative estimate of drug-likeness (QED) is 0.717. The maximum atomic E-state index is 12.1. The first kappa shape index (κ1) is 11.6. The Morgan fingerprint density at radius 2 is 2.00 bits per heavy atom. The van der Waals surface area contributed by atoms with Crippen molar-refractivity contribution < 1.29 is 9.59 Å². The zero-order valence-electron chi connectivity index (χ0n) is 10.5. The molecule has 0 N–H and O–H groups in total. The second-order valence-corrected chi connectivity index (χ2v) is 4.50. The van der Waals surface area contributed by atoms with Crippen LogP contribution in [0, 0.1) is 6.92 Å². The van der Waals surface area contributed by atoms with Crippen molar-refractivity contribution in [2.45, 2.75) is 26.8 Å². The van der Waals surface area contributed by atoms with Gasteiger partial charge in [0.25, 0.3) is 5.91 Å². The molecule has 2 rings (SSSR count). The molecule has 1 aliphatic rings. The highest BCUT2D eigenvalue weighted by molar-refractivity contribution is 6.19. The number of carbonyl (C=O) groups is 2. The Morgan fingerprint density at radius 1 is 1.35 bits per heavy atom. The van der Waals surface area contributed by atoms with Crippen molar-refractivity contribution in [1.82, 2.24) is 14.7 Å². The first-order valence-corrected chi connectivity index (χ1v) is 5.56. The number of hydrogen-bond acceptors (Lipinski definition) is 3. The van der Waals surface area contributed by atoms with Gasteiger partial charge in [-0.15, -0.1) is 0 Å². The molecule has 0 aliphatic carbocycles. The molecule has 6 heteroatoms. The van der Waals surface area contributed by atoms with Gasteiger partial charge in [-0.25, -0.2) is 9.69 Å². The number of anilines is 1. The number of aryl methyl sites for hydroxylation is 2. The van der Waals surface area contributed by atoms with Gasteiger partial charge >= 0.3 is 6.03 Å². The summed E-state index contributed by atoms with van der Waals surface area (Å²) >= 11 is 0. The van der Waals surface area contributed by atoms with Crippen LogP contribution in [0.2, 0.25) is 0 Å². The fourth-order valence-corrected chi connectivity index (χ4v) is 1.95. The first-order valence-electron chi connectivity index (χ1n) is 5.56. The Kier molecular flexibility index (Phi) is 2.65. The molecule has 0 aromatic carbocycles. The highest BCUT2D eigenvalue weighted by Crippen LogP contribution is 2.22. The van der Waals surface area contributed by atoms with E-state index < -0.39 is 0 Å². The predicted molar refractivity (Wildman–Crippen MR) is 62.7 cm³/mol. The third kappa shape index (κ3) is 1.79. The molecule has 6 nitrogen and oxygen atoms in total. The summed E-state index contributed by atoms with van der Waals surface area (Å²) in [6.07, 6.45) is 0. The van der Waals surface area contributed by atoms with E-state index in [-0.39, 0.29) is 24.5 Å². The third-order valence-corrected chi connectivity index (χ3v) is 2.82. The fraction of sp³-hybridized carbons (Fsp3) is 0.545. The normalized spacial score (nSPS) is 16.5. The van der Waals surface area contributed by atoms with Gasteiger partial charge in [-0.2, -0.15) is 5.10 Å². The Hall–Kier alpha value is -1.85. The SMILES string of the molecule is Cc1cc(N2C(=O)CN(C(C)C)C2=O)n(C)n1. The maximum Gasteiger partial charge on any atom is 0.333 e. The zero-order chi connectivity index (χ0) is 12.7. The van der Waals surface area contributed by atoms with Gasteiger partial charge in [0.1, 0.15) is 12.4 Å². The highest BCUT2D eigenvalue weighted by Gasteiger charge is 2.39. The molecule has 2 heterocycles. The lowest BCUT2D eigenvalue weighted by atomic mass is 10.3. The molecular formula is C11H16N4O2. The van der Waals surface area contributed by atoms with Gasteiger partial charge < -0.3 is 4.90 Å². The second-order valence-electron chi connectivity index (χ2n) is 4.50. The summed E-state index contributed by atoms with van der Waals surface area (Å²) in [6.45, 7) is 5.75. The molecule has 0 unspecified atom stereocenters. The molecule has 0 saturated carbocycles. The molecule has 0 atom stereocenters. The van der Waals surface area contributed by atoms with Gasteiger partial charge in [-0.3, -0.25) is 9.48 Å². The van der Waals surface area contributed by atoms with Crippen molar-refractivity contribution in [2.75, 3.05) is 11.4 Å². The summed E-state index contributed by atoms with van der Waals surface area (Å²) in [5, 5.41) is 4.15. The molecule has 1 aliphatic heterocycles. The Labute approximate surface area is 99.8 Å². The van der Waals surface area contributed by atoms with Crippen LogP contribution in [-0.2, 0) is 11.8 Å². The van der Waals surface area contributed by atoms with Crippen molar-refractivity contribution in [2.24, 2.45) is 7.05 Å². The molecule has 1 aromatic heterocycles. The lowest BCUT2D eigenvalue weighted by Gasteiger charge is -2.19. The lowest BCUT2D eigenvalue weighted by Crippen LogP contribution is -2.37. The van der Waals surface area contributed by atoms with Crippen molar-refractivity contribution in [3.05, 3.63) is 11.8 Å². The van der Waals surface area contributed by atoms with Gasteiger partial charge in [0.15, 0.2) is 0 Å². The largest absolute Gasteiger partial charge is 0.333 e. The number of hydrogen-bond donors (Lipinski definition) is 0. The van der Waals surface area contributed by atoms with Crippen LogP contribution in [0.15, 0.2) is 6.07 Å². The molecule has 92 valence electrons. The van der Waals surface area contributed by atoms with E-state index >= 15 is 0 Å². The summed E-state index contributed by atoms with van der Waals surface area (Å²) in [5.41, 5.74) is 0.783. The molecule has 1 fully saturated rings. The third-order valence-electron chi connectivity index (χ3n) is 2.82. The van der Waals surface area contributed by atoms with Crippen molar-refractivity contribution >= 4 is 17.8 Å². The van der Waals surface area contributed by atoms with Gasteiger partial charge in [-0.05, 0) is 20.8 Å². The van der Waals surface area contributed by atoms with Gasteiger partial charge in [0, 0.05) is 19.2 Å². The molecule has 0 bridgehead atoms. The van der Waals surface area contributed by atoms with E-state index in [1.54, 1.807) is 22.7 Å². The average Bonchev–Trinajstić information content (AvgIpc) is 2.67. The lowest BCUT2D eigenvalue weighted by molar-refractivity contribution is -0.116. The molecule has 1 aromatic rings. The summed E-state index contributed by atoms with van der Waals surface area (Å²) in [5.74, 6) is 0.326. The topological polar surface area (TPSA) is 58.4 Å². The van der Waals surface area contributed by atoms with Crippen LogP contribution in [0.3, 0.4) is 0 Å². The molecule has 17 heavy (non-hydrogen) atoms. The minimum atomic E-state index is -0.270. The number of urea groups is 1. The summed E-state index contributed by atoms with van der Waals surface area (Å²) < 4.78 is 1.55. The number of aromatic nitrogens is 2. The molecule has 1 saturated heterocycles. The molecule has 0 spiro atoms. The van der Waals surface area contributed by atoms with Crippen LogP contribution in [0.4, 0.5) is 10.6 Å². The fourth-order valence-electron chi connectivity index (χ4n) is 1.95. The van der Waals surface area contributed by atoms with E-state index in [9.17, 15) is 9.59 Å². The van der Waals surface area contributed by atoms with Gasteiger partial charge in [0.2, 0.25) is 0 Å². The van der Waals surface area contributed by atoms with Gasteiger partial charge in [0.05, 0.1) is 5.69 Å². The standard InChI is InChI=1S/C11H16N4O2/c1-7(2)14-6-10(16)15(11(14)17)9-5-8(3)12-13(9)4/h5,7H,6H2,1-4H3. The number of carbonyl (C=O) groups excluding carboxylic acids is 2. The van der Waals surface area contributed by atoms with Crippen LogP contribution in [-0.4, -0.2) is 39.2 Å². The Balaban J connectivity index is 2.37. The minimum absolute atomic E-state index is 0.0192. The monoisotopic (exact) mass is 236 g/mol. The van der Waals surface area contributed by atoms with E-state index in [1.165, 1.54) is 4.90 Å². The number of imide groups is 1. The predicted octanol–water partition coefficient (Wildman–Crippen LogP) is 0.906. The van der Waals surface area contributed by atoms with Crippen LogP contribution in [0.1, 0.15) is 19.5 Å². The smallest absolute Gasteiger partial charge is 0.312 e. The van der Waals surface area contributed by atoms with E-state index in [1.807, 2.05) is 20.8 Å². The second kappa shape index (κ2) is 3.87. The minimum Gasteiger partial charge on any atom is -0.312 e. The maximum absolute atomic E-state index is 12.1. The summed E-state index contributed by atoms with van der Waals surface area (Å²) in [4.78, 5) is 26.7. The summed E-state index contributed by atoms with van der Waals surface area (Å²) in [7, 11) is 1.72. The number of amides is 3. The van der Waals surface area contributed by atoms with Crippen LogP contribution >= 0.6 is 0 Å². The van der Waals surface area contributed by atoms with Crippen LogP contribution in [0.5, 0.6) is 0 Å². The Morgan fingerprint density at radius 3 is 2.41 bits per heavy atom. The van der Waals surface area contributed by atoms with E-state index in [4.69, 9.17) is 0 Å². The molecule has 0 radical (unpaired) electrons. The van der Waals surface area contributed by atoms with Crippen LogP contribution < -0.4 is 4.90 Å². The molecule has 3 amide bonds. The van der Waals surface area contributed by atoms with Gasteiger partial charge in [-0.1, -0.05) is 0 Å². The van der Waals surface area contributed by atoms with Crippen LogP contribution in [0.25, 0.3) is 0 Å². The van der Waals surface area contributed by atoms with E-state index in [2.05, 4.69) is 5.10 Å². The average molecular weight is 236 g/mol. The van der Waals surface area contributed by atoms with Crippen molar-refractivity contribution in [1.29, 1.82) is 0 Å². The highest BCUT2D eigenvalue weighted by atomic mass is 16.2. The van der Waals surface area contributed by atoms with E-state index in [0.717, 1.165) is 5.69 Å². The van der Waals surface area contributed by atoms with E-state index in [0.29, 0.717) is 5.82 Å². The molecular weight excluding hydrogens is 220 g/mol. The van der Waals surface area contributed by atoms with Crippen molar-refractivity contribution in [3.63, 3.8) is 0 Å². The van der Waals surface area contributed by atoms with Crippen molar-refractivity contribution in [3.8, 4) is 0 Å².